The van der Waals surface area contributed by atoms with Crippen LogP contribution in [0.2, 0.25) is 5.02 Å². The number of halogens is 2. The number of amides is 3. The number of hydrogen-bond acceptors (Lipinski definition) is 6. The summed E-state index contributed by atoms with van der Waals surface area (Å²) in [4.78, 5) is 39.0. The first-order chi connectivity index (χ1) is 13.5. The Balaban J connectivity index is 1.49. The Bertz CT molecular complexity index is 997. The highest BCUT2D eigenvalue weighted by Crippen LogP contribution is 2.32. The minimum Gasteiger partial charge on any atom is -0.323 e. The van der Waals surface area contributed by atoms with E-state index in [0.29, 0.717) is 16.4 Å². The largest absolute Gasteiger partial charge is 0.323 e. The van der Waals surface area contributed by atoms with E-state index in [4.69, 9.17) is 11.6 Å². The van der Waals surface area contributed by atoms with E-state index in [1.54, 1.807) is 48.5 Å². The summed E-state index contributed by atoms with van der Waals surface area (Å²) in [7, 11) is 0. The highest BCUT2D eigenvalue weighted by atomic mass is 79.9. The maximum Gasteiger partial charge on any atom is 0.263 e. The molecule has 1 N–H and O–H groups in total. The first kappa shape index (κ1) is 18.6. The standard InChI is InChI=1S/C18H13BrClN5O3/c19-10-5-7-11(8-6-10)25-17(27)15-16(18(25)28)24(23-22-15)9-14(26)21-13-4-2-1-3-12(13)20/h1-8,15-16H,9H2,(H,21,26)/t15-,16+/m0/s1. The lowest BCUT2D eigenvalue weighted by Crippen LogP contribution is -2.43. The van der Waals surface area contributed by atoms with Crippen LogP contribution < -0.4 is 10.2 Å². The van der Waals surface area contributed by atoms with Gasteiger partial charge in [-0.1, -0.05) is 44.9 Å². The van der Waals surface area contributed by atoms with Crippen molar-refractivity contribution < 1.29 is 14.4 Å². The summed E-state index contributed by atoms with van der Waals surface area (Å²) in [5, 5.41) is 12.0. The fraction of sp³-hybridized carbons (Fsp3) is 0.167. The molecule has 2 aliphatic rings. The molecule has 0 bridgehead atoms. The van der Waals surface area contributed by atoms with Crippen molar-refractivity contribution in [1.29, 1.82) is 0 Å². The smallest absolute Gasteiger partial charge is 0.263 e. The SMILES string of the molecule is O=C(CN1N=N[C@@H]2C(=O)N(c3ccc(Br)cc3)C(=O)[C@@H]21)Nc1ccccc1Cl. The van der Waals surface area contributed by atoms with Gasteiger partial charge in [0.25, 0.3) is 11.8 Å². The molecule has 3 amide bonds. The zero-order chi connectivity index (χ0) is 19.8. The summed E-state index contributed by atoms with van der Waals surface area (Å²) in [5.41, 5.74) is 0.899. The lowest BCUT2D eigenvalue weighted by Gasteiger charge is -2.20. The molecular formula is C18H13BrClN5O3. The highest BCUT2D eigenvalue weighted by molar-refractivity contribution is 9.10. The summed E-state index contributed by atoms with van der Waals surface area (Å²) in [6.07, 6.45) is 0. The zero-order valence-corrected chi connectivity index (χ0v) is 16.6. The van der Waals surface area contributed by atoms with Crippen LogP contribution in [0.5, 0.6) is 0 Å². The van der Waals surface area contributed by atoms with Gasteiger partial charge in [0.2, 0.25) is 5.91 Å². The van der Waals surface area contributed by atoms with Gasteiger partial charge in [-0.25, -0.2) is 4.90 Å². The molecule has 28 heavy (non-hydrogen) atoms. The van der Waals surface area contributed by atoms with Crippen LogP contribution >= 0.6 is 27.5 Å². The number of carbonyl (C=O) groups excluding carboxylic acids is 3. The van der Waals surface area contributed by atoms with Gasteiger partial charge in [-0.2, -0.15) is 5.11 Å². The van der Waals surface area contributed by atoms with E-state index in [9.17, 15) is 14.4 Å². The maximum atomic E-state index is 12.9. The number of carbonyl (C=O) groups is 3. The molecule has 1 fully saturated rings. The molecule has 0 aliphatic carbocycles. The third-order valence-corrected chi connectivity index (χ3v) is 5.25. The average molecular weight is 463 g/mol. The molecule has 2 atom stereocenters. The Kier molecular flexibility index (Phi) is 4.86. The Morgan fingerprint density at radius 2 is 1.82 bits per heavy atom. The summed E-state index contributed by atoms with van der Waals surface area (Å²) in [5.74, 6) is -1.35. The third-order valence-electron chi connectivity index (χ3n) is 4.40. The molecule has 2 aliphatic heterocycles. The van der Waals surface area contributed by atoms with Gasteiger partial charge in [0.05, 0.1) is 16.4 Å². The van der Waals surface area contributed by atoms with Crippen LogP contribution in [0.4, 0.5) is 11.4 Å². The van der Waals surface area contributed by atoms with Crippen LogP contribution in [0, 0.1) is 0 Å². The Hall–Kier alpha value is -2.78. The van der Waals surface area contributed by atoms with Gasteiger partial charge in [0.1, 0.15) is 6.54 Å². The number of hydrogen-bond donors (Lipinski definition) is 1. The number of fused-ring (bicyclic) bond motifs is 1. The number of anilines is 2. The summed E-state index contributed by atoms with van der Waals surface area (Å²) in [6.45, 7) is -0.233. The number of imide groups is 1. The third kappa shape index (κ3) is 3.27. The predicted octanol–water partition coefficient (Wildman–Crippen LogP) is 3.03. The van der Waals surface area contributed by atoms with E-state index in [1.165, 1.54) is 5.01 Å². The molecule has 2 heterocycles. The molecule has 8 nitrogen and oxygen atoms in total. The topological polar surface area (TPSA) is 94.4 Å². The molecule has 4 rings (SSSR count). The van der Waals surface area contributed by atoms with E-state index in [0.717, 1.165) is 9.37 Å². The maximum absolute atomic E-state index is 12.9. The van der Waals surface area contributed by atoms with Crippen LogP contribution in [0.15, 0.2) is 63.3 Å². The second kappa shape index (κ2) is 7.33. The fourth-order valence-corrected chi connectivity index (χ4v) is 3.55. The zero-order valence-electron chi connectivity index (χ0n) is 14.3. The van der Waals surface area contributed by atoms with Crippen LogP contribution in [0.25, 0.3) is 0 Å². The van der Waals surface area contributed by atoms with E-state index < -0.39 is 29.8 Å². The minimum absolute atomic E-state index is 0.233. The van der Waals surface area contributed by atoms with E-state index in [2.05, 4.69) is 31.6 Å². The molecule has 0 spiro atoms. The van der Waals surface area contributed by atoms with Gasteiger partial charge in [0, 0.05) is 4.47 Å². The number of nitrogens with one attached hydrogen (secondary N) is 1. The van der Waals surface area contributed by atoms with Crippen molar-refractivity contribution in [1.82, 2.24) is 5.01 Å². The van der Waals surface area contributed by atoms with Crippen LogP contribution in [-0.2, 0) is 14.4 Å². The van der Waals surface area contributed by atoms with Crippen LogP contribution in [0.3, 0.4) is 0 Å². The Labute approximate surface area is 173 Å². The van der Waals surface area contributed by atoms with Crippen molar-refractivity contribution in [3.63, 3.8) is 0 Å². The molecule has 0 saturated carbocycles. The Morgan fingerprint density at radius 1 is 1.11 bits per heavy atom. The summed E-state index contributed by atoms with van der Waals surface area (Å²) in [6, 6.07) is 11.7. The molecule has 0 aromatic heterocycles. The lowest BCUT2D eigenvalue weighted by atomic mass is 10.1. The first-order valence-corrected chi connectivity index (χ1v) is 9.48. The second-order valence-corrected chi connectivity index (χ2v) is 7.53. The molecule has 0 unspecified atom stereocenters. The van der Waals surface area contributed by atoms with E-state index in [-0.39, 0.29) is 6.54 Å². The lowest BCUT2D eigenvalue weighted by molar-refractivity contribution is -0.123. The first-order valence-electron chi connectivity index (χ1n) is 8.31. The summed E-state index contributed by atoms with van der Waals surface area (Å²) < 4.78 is 0.827. The normalized spacial score (nSPS) is 20.6. The van der Waals surface area contributed by atoms with Gasteiger partial charge in [-0.05, 0) is 36.4 Å². The highest BCUT2D eigenvalue weighted by Gasteiger charge is 2.55. The van der Waals surface area contributed by atoms with E-state index >= 15 is 0 Å². The predicted molar refractivity (Wildman–Crippen MR) is 106 cm³/mol. The minimum atomic E-state index is -0.954. The van der Waals surface area contributed by atoms with Crippen molar-refractivity contribution >= 4 is 56.6 Å². The number of benzene rings is 2. The van der Waals surface area contributed by atoms with Gasteiger partial charge < -0.3 is 5.32 Å². The molecular weight excluding hydrogens is 450 g/mol. The van der Waals surface area contributed by atoms with Gasteiger partial charge in [-0.15, -0.1) is 0 Å². The molecule has 1 saturated heterocycles. The quantitative estimate of drug-likeness (QED) is 0.707. The Morgan fingerprint density at radius 3 is 2.54 bits per heavy atom. The van der Waals surface area contributed by atoms with Crippen molar-refractivity contribution in [3.8, 4) is 0 Å². The fourth-order valence-electron chi connectivity index (χ4n) is 3.10. The van der Waals surface area contributed by atoms with Gasteiger partial charge in [0.15, 0.2) is 12.1 Å². The molecule has 0 radical (unpaired) electrons. The monoisotopic (exact) mass is 461 g/mol. The molecule has 2 aromatic rings. The second-order valence-electron chi connectivity index (χ2n) is 6.21. The van der Waals surface area contributed by atoms with Crippen molar-refractivity contribution in [2.24, 2.45) is 10.3 Å². The molecule has 142 valence electrons. The van der Waals surface area contributed by atoms with E-state index in [1.807, 2.05) is 0 Å². The van der Waals surface area contributed by atoms with Gasteiger partial charge in [-0.3, -0.25) is 19.4 Å². The molecule has 10 heteroatoms. The number of rotatable bonds is 4. The van der Waals surface area contributed by atoms with Crippen molar-refractivity contribution in [3.05, 3.63) is 58.0 Å². The number of nitrogens with zero attached hydrogens (tertiary/aromatic N) is 4. The summed E-state index contributed by atoms with van der Waals surface area (Å²) >= 11 is 9.35. The average Bonchev–Trinajstić information content (AvgIpc) is 3.18. The van der Waals surface area contributed by atoms with Crippen molar-refractivity contribution in [2.45, 2.75) is 12.1 Å². The number of para-hydroxylation sites is 1. The molecule has 2 aromatic carbocycles. The van der Waals surface area contributed by atoms with Gasteiger partial charge >= 0.3 is 0 Å². The van der Waals surface area contributed by atoms with Crippen LogP contribution in [0.1, 0.15) is 0 Å². The van der Waals surface area contributed by atoms with Crippen molar-refractivity contribution in [2.75, 3.05) is 16.8 Å². The van der Waals surface area contributed by atoms with Crippen LogP contribution in [-0.4, -0.2) is 41.4 Å².